The second-order valence-corrected chi connectivity index (χ2v) is 8.06. The number of ether oxygens (including phenoxy) is 1. The van der Waals surface area contributed by atoms with Gasteiger partial charge in [0.2, 0.25) is 15.0 Å². The molecular formula is C13H13ClF3NO4S. The third kappa shape index (κ3) is 5.91. The Hall–Kier alpha value is -1.48. The highest BCUT2D eigenvalue weighted by Gasteiger charge is 2.33. The van der Waals surface area contributed by atoms with Crippen molar-refractivity contribution in [2.45, 2.75) is 19.3 Å². The second-order valence-electron chi connectivity index (χ2n) is 5.24. The maximum absolute atomic E-state index is 12.1. The van der Waals surface area contributed by atoms with E-state index in [9.17, 15) is 26.4 Å². The molecule has 1 fully saturated rings. The van der Waals surface area contributed by atoms with E-state index in [1.165, 1.54) is 17.0 Å². The number of amides is 1. The fraction of sp³-hybridized carbons (Fsp3) is 0.462. The van der Waals surface area contributed by atoms with Gasteiger partial charge in [-0.1, -0.05) is 12.1 Å². The van der Waals surface area contributed by atoms with E-state index in [1.807, 2.05) is 0 Å². The predicted molar refractivity (Wildman–Crippen MR) is 76.3 cm³/mol. The zero-order chi connectivity index (χ0) is 17.3. The van der Waals surface area contributed by atoms with Crippen molar-refractivity contribution in [2.24, 2.45) is 5.92 Å². The van der Waals surface area contributed by atoms with Gasteiger partial charge in [0.25, 0.3) is 0 Å². The molecule has 0 N–H and O–H groups in total. The SMILES string of the molecule is O=C1CC(CS(=O)(=O)Cl)CN1Cc1ccc(OC(F)(F)F)cc1. The highest BCUT2D eigenvalue weighted by Crippen LogP contribution is 2.25. The number of nitrogens with zero attached hydrogens (tertiary/aromatic N) is 1. The summed E-state index contributed by atoms with van der Waals surface area (Å²) in [6.07, 6.45) is -4.67. The summed E-state index contributed by atoms with van der Waals surface area (Å²) < 4.78 is 62.0. The largest absolute Gasteiger partial charge is 0.573 e. The third-order valence-electron chi connectivity index (χ3n) is 3.26. The molecule has 1 aliphatic heterocycles. The maximum atomic E-state index is 12.1. The minimum atomic E-state index is -4.76. The second kappa shape index (κ2) is 6.56. The van der Waals surface area contributed by atoms with E-state index in [2.05, 4.69) is 4.74 Å². The van der Waals surface area contributed by atoms with Crippen LogP contribution in [0.3, 0.4) is 0 Å². The molecule has 0 aromatic heterocycles. The number of alkyl halides is 3. The number of rotatable bonds is 5. The van der Waals surface area contributed by atoms with E-state index >= 15 is 0 Å². The van der Waals surface area contributed by atoms with Crippen molar-refractivity contribution < 1.29 is 31.1 Å². The number of hydrogen-bond acceptors (Lipinski definition) is 4. The van der Waals surface area contributed by atoms with Gasteiger partial charge in [-0.3, -0.25) is 4.79 Å². The molecule has 1 atom stereocenters. The smallest absolute Gasteiger partial charge is 0.406 e. The Morgan fingerprint density at radius 1 is 1.26 bits per heavy atom. The van der Waals surface area contributed by atoms with Crippen LogP contribution in [0.15, 0.2) is 24.3 Å². The molecule has 1 aromatic rings. The topological polar surface area (TPSA) is 63.7 Å². The minimum absolute atomic E-state index is 0.0845. The quantitative estimate of drug-likeness (QED) is 0.746. The molecule has 0 bridgehead atoms. The van der Waals surface area contributed by atoms with E-state index < -0.39 is 15.4 Å². The predicted octanol–water partition coefficient (Wildman–Crippen LogP) is 2.50. The first kappa shape index (κ1) is 17.9. The molecule has 128 valence electrons. The molecule has 1 heterocycles. The van der Waals surface area contributed by atoms with Crippen LogP contribution in [0, 0.1) is 5.92 Å². The highest BCUT2D eigenvalue weighted by atomic mass is 35.7. The third-order valence-corrected chi connectivity index (χ3v) is 4.51. The first-order chi connectivity index (χ1) is 10.5. The van der Waals surface area contributed by atoms with Crippen molar-refractivity contribution >= 4 is 25.6 Å². The lowest BCUT2D eigenvalue weighted by molar-refractivity contribution is -0.274. The fourth-order valence-electron chi connectivity index (χ4n) is 2.42. The molecule has 0 aliphatic carbocycles. The molecule has 1 amide bonds. The first-order valence-corrected chi connectivity index (χ1v) is 9.04. The van der Waals surface area contributed by atoms with Gasteiger partial charge in [-0.05, 0) is 17.7 Å². The molecule has 10 heteroatoms. The Morgan fingerprint density at radius 2 is 1.87 bits per heavy atom. The van der Waals surface area contributed by atoms with Gasteiger partial charge < -0.3 is 9.64 Å². The van der Waals surface area contributed by atoms with Crippen LogP contribution in [-0.4, -0.2) is 37.9 Å². The summed E-state index contributed by atoms with van der Waals surface area (Å²) in [4.78, 5) is 13.3. The normalized spacial score (nSPS) is 19.2. The lowest BCUT2D eigenvalue weighted by Gasteiger charge is -2.17. The van der Waals surface area contributed by atoms with E-state index in [-0.39, 0.29) is 42.8 Å². The Bertz CT molecular complexity index is 675. The molecular weight excluding hydrogens is 359 g/mol. The lowest BCUT2D eigenvalue weighted by atomic mass is 10.1. The van der Waals surface area contributed by atoms with Gasteiger partial charge in [0.05, 0.1) is 5.75 Å². The van der Waals surface area contributed by atoms with Gasteiger partial charge in [0.1, 0.15) is 5.75 Å². The molecule has 1 saturated heterocycles. The van der Waals surface area contributed by atoms with Crippen molar-refractivity contribution in [1.29, 1.82) is 0 Å². The van der Waals surface area contributed by atoms with Crippen molar-refractivity contribution in [3.05, 3.63) is 29.8 Å². The number of halogens is 4. The fourth-order valence-corrected chi connectivity index (χ4v) is 3.74. The van der Waals surface area contributed by atoms with E-state index in [4.69, 9.17) is 10.7 Å². The minimum Gasteiger partial charge on any atom is -0.406 e. The molecule has 1 aliphatic rings. The molecule has 1 unspecified atom stereocenters. The van der Waals surface area contributed by atoms with Crippen LogP contribution in [0.25, 0.3) is 0 Å². The van der Waals surface area contributed by atoms with E-state index in [1.54, 1.807) is 0 Å². The van der Waals surface area contributed by atoms with Crippen LogP contribution >= 0.6 is 10.7 Å². The van der Waals surface area contributed by atoms with Crippen LogP contribution in [0.4, 0.5) is 13.2 Å². The number of benzene rings is 1. The van der Waals surface area contributed by atoms with Crippen LogP contribution in [0.5, 0.6) is 5.75 Å². The van der Waals surface area contributed by atoms with E-state index in [0.29, 0.717) is 5.56 Å². The molecule has 0 saturated carbocycles. The van der Waals surface area contributed by atoms with Crippen LogP contribution in [0.1, 0.15) is 12.0 Å². The summed E-state index contributed by atoms with van der Waals surface area (Å²) in [5, 5.41) is 0. The van der Waals surface area contributed by atoms with Crippen LogP contribution in [-0.2, 0) is 20.4 Å². The Kier molecular flexibility index (Phi) is 5.10. The summed E-state index contributed by atoms with van der Waals surface area (Å²) in [7, 11) is 1.50. The zero-order valence-electron chi connectivity index (χ0n) is 11.7. The summed E-state index contributed by atoms with van der Waals surface area (Å²) >= 11 is 0. The average molecular weight is 372 g/mol. The number of hydrogen-bond donors (Lipinski definition) is 0. The summed E-state index contributed by atoms with van der Waals surface area (Å²) in [6, 6.07) is 5.15. The van der Waals surface area contributed by atoms with E-state index in [0.717, 1.165) is 12.1 Å². The highest BCUT2D eigenvalue weighted by molar-refractivity contribution is 8.13. The molecule has 23 heavy (non-hydrogen) atoms. The van der Waals surface area contributed by atoms with Crippen molar-refractivity contribution in [1.82, 2.24) is 4.90 Å². The Labute approximate surface area is 135 Å². The number of carbonyl (C=O) groups excluding carboxylic acids is 1. The van der Waals surface area contributed by atoms with Crippen LogP contribution in [0.2, 0.25) is 0 Å². The van der Waals surface area contributed by atoms with Gasteiger partial charge in [0.15, 0.2) is 0 Å². The van der Waals surface area contributed by atoms with Gasteiger partial charge in [-0.2, -0.15) is 0 Å². The van der Waals surface area contributed by atoms with Gasteiger partial charge >= 0.3 is 6.36 Å². The summed E-state index contributed by atoms with van der Waals surface area (Å²) in [5.74, 6) is -1.22. The zero-order valence-corrected chi connectivity index (χ0v) is 13.3. The first-order valence-electron chi connectivity index (χ1n) is 6.56. The van der Waals surface area contributed by atoms with Gasteiger partial charge in [-0.15, -0.1) is 13.2 Å². The Morgan fingerprint density at radius 3 is 2.39 bits per heavy atom. The molecule has 5 nitrogen and oxygen atoms in total. The standard InChI is InChI=1S/C13H13ClF3NO4S/c14-23(20,21)8-10-5-12(19)18(7-10)6-9-1-3-11(4-2-9)22-13(15,16)17/h1-4,10H,5-8H2. The summed E-state index contributed by atoms with van der Waals surface area (Å²) in [6.45, 7) is 0.426. The van der Waals surface area contributed by atoms with Gasteiger partial charge in [0, 0.05) is 36.1 Å². The number of carbonyl (C=O) groups is 1. The lowest BCUT2D eigenvalue weighted by Crippen LogP contribution is -2.25. The molecule has 0 radical (unpaired) electrons. The molecule has 0 spiro atoms. The summed E-state index contributed by atoms with van der Waals surface area (Å²) in [5.41, 5.74) is 0.613. The molecule has 1 aromatic carbocycles. The average Bonchev–Trinajstić information content (AvgIpc) is 2.68. The van der Waals surface area contributed by atoms with Gasteiger partial charge in [-0.25, -0.2) is 8.42 Å². The molecule has 2 rings (SSSR count). The van der Waals surface area contributed by atoms with Crippen molar-refractivity contribution in [3.63, 3.8) is 0 Å². The van der Waals surface area contributed by atoms with Crippen LogP contribution < -0.4 is 4.74 Å². The van der Waals surface area contributed by atoms with Crippen molar-refractivity contribution in [2.75, 3.05) is 12.3 Å². The monoisotopic (exact) mass is 371 g/mol. The maximum Gasteiger partial charge on any atom is 0.573 e. The van der Waals surface area contributed by atoms with Crippen molar-refractivity contribution in [3.8, 4) is 5.75 Å². The Balaban J connectivity index is 1.96. The number of likely N-dealkylation sites (tertiary alicyclic amines) is 1.